The molecule has 0 spiro atoms. The minimum Gasteiger partial charge on any atom is -0.466 e. The van der Waals surface area contributed by atoms with E-state index in [0.29, 0.717) is 6.61 Å². The molecule has 0 unspecified atom stereocenters. The van der Waals surface area contributed by atoms with Crippen molar-refractivity contribution < 1.29 is 14.0 Å². The lowest BCUT2D eigenvalue weighted by atomic mass is 10.1. The highest BCUT2D eigenvalue weighted by molar-refractivity contribution is 6.74. The lowest BCUT2D eigenvalue weighted by Crippen LogP contribution is -2.41. The number of rotatable bonds is 6. The summed E-state index contributed by atoms with van der Waals surface area (Å²) in [6, 6.07) is 0. The number of aromatic amines is 1. The van der Waals surface area contributed by atoms with Crippen LogP contribution in [0.25, 0.3) is 6.08 Å². The number of carbonyl (C=O) groups excluding carboxylic acids is 1. The Morgan fingerprint density at radius 3 is 2.57 bits per heavy atom. The molecule has 1 heterocycles. The van der Waals surface area contributed by atoms with Crippen LogP contribution in [0.4, 0.5) is 0 Å². The third-order valence-electron chi connectivity index (χ3n) is 4.11. The maximum Gasteiger partial charge on any atom is 0.330 e. The van der Waals surface area contributed by atoms with Crippen LogP contribution in [-0.4, -0.2) is 33.0 Å². The number of ether oxygens (including phenoxy) is 1. The highest BCUT2D eigenvalue weighted by atomic mass is 28.4. The fourth-order valence-corrected chi connectivity index (χ4v) is 2.68. The quantitative estimate of drug-likeness (QED) is 0.494. The Labute approximate surface area is 128 Å². The Morgan fingerprint density at radius 1 is 1.33 bits per heavy atom. The van der Waals surface area contributed by atoms with Gasteiger partial charge in [0.05, 0.1) is 7.11 Å². The van der Waals surface area contributed by atoms with Crippen LogP contribution in [0.5, 0.6) is 0 Å². The van der Waals surface area contributed by atoms with Crippen LogP contribution < -0.4 is 0 Å². The van der Waals surface area contributed by atoms with E-state index in [2.05, 4.69) is 43.6 Å². The Kier molecular flexibility index (Phi) is 5.98. The zero-order chi connectivity index (χ0) is 16.1. The van der Waals surface area contributed by atoms with Gasteiger partial charge in [0.15, 0.2) is 8.32 Å². The molecule has 0 fully saturated rings. The van der Waals surface area contributed by atoms with Crippen LogP contribution in [0.15, 0.2) is 18.5 Å². The number of nitrogens with one attached hydrogen (secondary N) is 1. The largest absolute Gasteiger partial charge is 0.466 e. The van der Waals surface area contributed by atoms with Gasteiger partial charge in [-0.15, -0.1) is 0 Å². The average Bonchev–Trinajstić information content (AvgIpc) is 2.82. The van der Waals surface area contributed by atoms with E-state index in [-0.39, 0.29) is 11.0 Å². The first kappa shape index (κ1) is 17.7. The van der Waals surface area contributed by atoms with Crippen LogP contribution in [0.1, 0.15) is 31.9 Å². The number of methoxy groups -OCH3 is 1. The molecule has 0 aliphatic heterocycles. The first-order chi connectivity index (χ1) is 9.67. The van der Waals surface area contributed by atoms with Crippen molar-refractivity contribution in [3.63, 3.8) is 0 Å². The first-order valence-corrected chi connectivity index (χ1v) is 10.1. The Morgan fingerprint density at radius 2 is 2.00 bits per heavy atom. The summed E-state index contributed by atoms with van der Waals surface area (Å²) in [6.07, 6.45) is 7.86. The monoisotopic (exact) mass is 309 g/mol. The molecule has 5 heteroatoms. The molecule has 0 aromatic carbocycles. The van der Waals surface area contributed by atoms with E-state index in [4.69, 9.17) is 4.43 Å². The van der Waals surface area contributed by atoms with Crippen molar-refractivity contribution in [2.75, 3.05) is 13.7 Å². The Balaban J connectivity index is 2.60. The van der Waals surface area contributed by atoms with Crippen LogP contribution >= 0.6 is 0 Å². The van der Waals surface area contributed by atoms with Gasteiger partial charge >= 0.3 is 5.97 Å². The van der Waals surface area contributed by atoms with Crippen LogP contribution in [0.3, 0.4) is 0 Å². The van der Waals surface area contributed by atoms with Gasteiger partial charge in [0.2, 0.25) is 0 Å². The molecule has 0 saturated heterocycles. The number of hydrogen-bond donors (Lipinski definition) is 1. The minimum absolute atomic E-state index is 0.221. The second-order valence-electron chi connectivity index (χ2n) is 6.65. The van der Waals surface area contributed by atoms with Gasteiger partial charge in [-0.3, -0.25) is 0 Å². The highest BCUT2D eigenvalue weighted by Gasteiger charge is 2.36. The molecule has 0 atom stereocenters. The SMILES string of the molecule is COC(=O)/C=C/c1c[nH]cc1CCO[Si](C)(C)C(C)(C)C. The third kappa shape index (κ3) is 5.17. The molecule has 118 valence electrons. The summed E-state index contributed by atoms with van der Waals surface area (Å²) in [7, 11) is -0.327. The van der Waals surface area contributed by atoms with Gasteiger partial charge in [0.1, 0.15) is 0 Å². The van der Waals surface area contributed by atoms with Crippen LogP contribution in [0.2, 0.25) is 18.1 Å². The lowest BCUT2D eigenvalue weighted by Gasteiger charge is -2.36. The van der Waals surface area contributed by atoms with E-state index in [1.54, 1.807) is 6.08 Å². The molecule has 1 aromatic rings. The van der Waals surface area contributed by atoms with Crippen molar-refractivity contribution in [3.8, 4) is 0 Å². The predicted octanol–water partition coefficient (Wildman–Crippen LogP) is 3.77. The molecule has 0 radical (unpaired) electrons. The van der Waals surface area contributed by atoms with Crippen LogP contribution in [-0.2, 0) is 20.4 Å². The van der Waals surface area contributed by atoms with Gasteiger partial charge in [0, 0.05) is 25.1 Å². The van der Waals surface area contributed by atoms with E-state index in [0.717, 1.165) is 17.5 Å². The van der Waals surface area contributed by atoms with E-state index < -0.39 is 8.32 Å². The zero-order valence-corrected chi connectivity index (χ0v) is 14.9. The van der Waals surface area contributed by atoms with E-state index in [1.807, 2.05) is 12.4 Å². The second-order valence-corrected chi connectivity index (χ2v) is 11.5. The van der Waals surface area contributed by atoms with E-state index in [1.165, 1.54) is 13.2 Å². The molecular weight excluding hydrogens is 282 g/mol. The zero-order valence-electron chi connectivity index (χ0n) is 13.9. The number of esters is 1. The van der Waals surface area contributed by atoms with Crippen molar-refractivity contribution >= 4 is 20.4 Å². The van der Waals surface area contributed by atoms with Crippen molar-refractivity contribution in [2.24, 2.45) is 0 Å². The Bertz CT molecular complexity index is 498. The highest BCUT2D eigenvalue weighted by Crippen LogP contribution is 2.36. The van der Waals surface area contributed by atoms with Gasteiger partial charge in [-0.25, -0.2) is 4.79 Å². The van der Waals surface area contributed by atoms with E-state index in [9.17, 15) is 4.79 Å². The van der Waals surface area contributed by atoms with Crippen molar-refractivity contribution in [2.45, 2.75) is 45.3 Å². The summed E-state index contributed by atoms with van der Waals surface area (Å²) in [5.74, 6) is -0.348. The van der Waals surface area contributed by atoms with Gasteiger partial charge < -0.3 is 14.1 Å². The van der Waals surface area contributed by atoms with Gasteiger partial charge in [-0.05, 0) is 41.8 Å². The lowest BCUT2D eigenvalue weighted by molar-refractivity contribution is -0.134. The number of aromatic nitrogens is 1. The number of carbonyl (C=O) groups is 1. The van der Waals surface area contributed by atoms with E-state index >= 15 is 0 Å². The normalized spacial score (nSPS) is 12.9. The fraction of sp³-hybridized carbons (Fsp3) is 0.562. The standard InChI is InChI=1S/C16H27NO3Si/c1-16(2,3)21(5,6)20-10-9-14-12-17-11-13(14)7-8-15(18)19-4/h7-8,11-12,17H,9-10H2,1-6H3/b8-7+. The molecule has 0 bridgehead atoms. The summed E-state index contributed by atoms with van der Waals surface area (Å²) < 4.78 is 10.8. The maximum absolute atomic E-state index is 11.1. The summed E-state index contributed by atoms with van der Waals surface area (Å²) in [5, 5.41) is 0.221. The molecule has 0 aliphatic carbocycles. The molecule has 1 aromatic heterocycles. The number of hydrogen-bond acceptors (Lipinski definition) is 3. The topological polar surface area (TPSA) is 51.3 Å². The third-order valence-corrected chi connectivity index (χ3v) is 8.65. The van der Waals surface area contributed by atoms with Gasteiger partial charge in [-0.2, -0.15) is 0 Å². The fourth-order valence-electron chi connectivity index (χ4n) is 1.64. The predicted molar refractivity (Wildman–Crippen MR) is 88.7 cm³/mol. The summed E-state index contributed by atoms with van der Waals surface area (Å²) in [6.45, 7) is 11.9. The summed E-state index contributed by atoms with van der Waals surface area (Å²) in [5.41, 5.74) is 2.15. The van der Waals surface area contributed by atoms with Crippen LogP contribution in [0, 0.1) is 0 Å². The average molecular weight is 309 g/mol. The molecule has 1 N–H and O–H groups in total. The van der Waals surface area contributed by atoms with Crippen molar-refractivity contribution in [1.82, 2.24) is 4.98 Å². The molecule has 21 heavy (non-hydrogen) atoms. The molecule has 0 aliphatic rings. The smallest absolute Gasteiger partial charge is 0.330 e. The molecule has 4 nitrogen and oxygen atoms in total. The van der Waals surface area contributed by atoms with Gasteiger partial charge in [0.25, 0.3) is 0 Å². The molecule has 1 rings (SSSR count). The first-order valence-electron chi connectivity index (χ1n) is 7.23. The summed E-state index contributed by atoms with van der Waals surface area (Å²) >= 11 is 0. The molecule has 0 saturated carbocycles. The van der Waals surface area contributed by atoms with Gasteiger partial charge in [-0.1, -0.05) is 20.8 Å². The summed E-state index contributed by atoms with van der Waals surface area (Å²) in [4.78, 5) is 14.2. The molecule has 0 amide bonds. The Hall–Kier alpha value is -1.33. The maximum atomic E-state index is 11.1. The molecular formula is C16H27NO3Si. The van der Waals surface area contributed by atoms with Crippen molar-refractivity contribution in [1.29, 1.82) is 0 Å². The second kappa shape index (κ2) is 7.09. The number of H-pyrrole nitrogens is 1. The minimum atomic E-state index is -1.70. The van der Waals surface area contributed by atoms with Crippen molar-refractivity contribution in [3.05, 3.63) is 29.6 Å².